The number of fused-ring (bicyclic) bond motifs is 1. The van der Waals surface area contributed by atoms with Crippen LogP contribution < -0.4 is 5.32 Å². The Bertz CT molecular complexity index is 1170. The maximum absolute atomic E-state index is 10.2. The average Bonchev–Trinajstić information content (AvgIpc) is 3.47. The third-order valence-electron chi connectivity index (χ3n) is 7.61. The van der Waals surface area contributed by atoms with Crippen LogP contribution in [0.1, 0.15) is 54.5 Å². The first kappa shape index (κ1) is 21.0. The first-order valence-corrected chi connectivity index (χ1v) is 12.1. The van der Waals surface area contributed by atoms with Gasteiger partial charge in [-0.25, -0.2) is 9.97 Å². The molecule has 0 amide bonds. The number of aromatic nitrogens is 4. The third-order valence-corrected chi connectivity index (χ3v) is 7.61. The van der Waals surface area contributed by atoms with Gasteiger partial charge in [0.25, 0.3) is 0 Å². The molecule has 2 N–H and O–H groups in total. The van der Waals surface area contributed by atoms with Gasteiger partial charge in [0, 0.05) is 11.6 Å². The number of piperidine rings is 1. The number of rotatable bonds is 5. The summed E-state index contributed by atoms with van der Waals surface area (Å²) < 4.78 is 7.57. The Morgan fingerprint density at radius 3 is 2.61 bits per heavy atom. The zero-order valence-electron chi connectivity index (χ0n) is 19.4. The minimum atomic E-state index is -0.355. The molecule has 33 heavy (non-hydrogen) atoms. The standard InChI is InChI=1S/C25H32N6O2/c1-15-9-18-11-26-25(29-22-12-27-31(16(22)2)19-3-4-19)28-21(18)10-20(15)17-5-7-30(8-6-17)23-13-33-14-24(23)32/h9-12,17,19,23-24,32H,3-8,13-14H2,1-2H3,(H,26,28,29)/t23-,24+/m1/s1. The van der Waals surface area contributed by atoms with E-state index in [0.717, 1.165) is 48.2 Å². The van der Waals surface area contributed by atoms with Crippen LogP contribution in [-0.4, -0.2) is 68.2 Å². The molecule has 1 aromatic carbocycles. The molecule has 2 aromatic heterocycles. The lowest BCUT2D eigenvalue weighted by atomic mass is 9.85. The second-order valence-electron chi connectivity index (χ2n) is 9.89. The van der Waals surface area contributed by atoms with Crippen molar-refractivity contribution >= 4 is 22.5 Å². The summed E-state index contributed by atoms with van der Waals surface area (Å²) in [5.41, 5.74) is 5.76. The zero-order chi connectivity index (χ0) is 22.5. The summed E-state index contributed by atoms with van der Waals surface area (Å²) in [7, 11) is 0. The van der Waals surface area contributed by atoms with Crippen molar-refractivity contribution in [1.82, 2.24) is 24.6 Å². The lowest BCUT2D eigenvalue weighted by Crippen LogP contribution is -2.46. The topological polar surface area (TPSA) is 88.3 Å². The van der Waals surface area contributed by atoms with E-state index < -0.39 is 0 Å². The van der Waals surface area contributed by atoms with Crippen molar-refractivity contribution in [3.8, 4) is 0 Å². The molecule has 3 fully saturated rings. The number of likely N-dealkylation sites (tertiary alicyclic amines) is 1. The molecule has 8 heteroatoms. The summed E-state index contributed by atoms with van der Waals surface area (Å²) in [6.07, 6.45) is 8.03. The highest BCUT2D eigenvalue weighted by atomic mass is 16.5. The van der Waals surface area contributed by atoms with Crippen molar-refractivity contribution in [2.45, 2.75) is 63.6 Å². The number of nitrogens with one attached hydrogen (secondary N) is 1. The van der Waals surface area contributed by atoms with E-state index in [2.05, 4.69) is 51.0 Å². The maximum atomic E-state index is 10.2. The third kappa shape index (κ3) is 4.00. The van der Waals surface area contributed by atoms with E-state index in [4.69, 9.17) is 9.72 Å². The molecule has 0 bridgehead atoms. The van der Waals surface area contributed by atoms with E-state index in [9.17, 15) is 5.11 Å². The highest BCUT2D eigenvalue weighted by Gasteiger charge is 2.34. The van der Waals surface area contributed by atoms with Crippen LogP contribution in [-0.2, 0) is 4.74 Å². The monoisotopic (exact) mass is 448 g/mol. The quantitative estimate of drug-likeness (QED) is 0.618. The number of aryl methyl sites for hydroxylation is 1. The molecule has 3 aliphatic rings. The molecule has 0 radical (unpaired) electrons. The number of nitrogens with zero attached hydrogens (tertiary/aromatic N) is 5. The van der Waals surface area contributed by atoms with Crippen molar-refractivity contribution in [3.63, 3.8) is 0 Å². The molecule has 4 heterocycles. The summed E-state index contributed by atoms with van der Waals surface area (Å²) in [5, 5.41) is 19.1. The van der Waals surface area contributed by atoms with Crippen LogP contribution in [0.25, 0.3) is 10.9 Å². The van der Waals surface area contributed by atoms with E-state index in [1.165, 1.54) is 24.0 Å². The van der Waals surface area contributed by atoms with Gasteiger partial charge in [-0.15, -0.1) is 0 Å². The van der Waals surface area contributed by atoms with E-state index in [-0.39, 0.29) is 12.1 Å². The predicted molar refractivity (Wildman–Crippen MR) is 127 cm³/mol. The Balaban J connectivity index is 1.20. The van der Waals surface area contributed by atoms with Gasteiger partial charge in [-0.2, -0.15) is 5.10 Å². The lowest BCUT2D eigenvalue weighted by molar-refractivity contribution is 0.0663. The van der Waals surface area contributed by atoms with Gasteiger partial charge in [-0.1, -0.05) is 0 Å². The zero-order valence-corrected chi connectivity index (χ0v) is 19.4. The van der Waals surface area contributed by atoms with E-state index in [1.54, 1.807) is 0 Å². The van der Waals surface area contributed by atoms with Gasteiger partial charge in [0.05, 0.1) is 54.5 Å². The molecule has 2 atom stereocenters. The Kier molecular flexibility index (Phi) is 5.31. The van der Waals surface area contributed by atoms with Crippen molar-refractivity contribution in [3.05, 3.63) is 41.3 Å². The number of aliphatic hydroxyl groups excluding tert-OH is 1. The van der Waals surface area contributed by atoms with Crippen LogP contribution in [0.2, 0.25) is 0 Å². The summed E-state index contributed by atoms with van der Waals surface area (Å²) in [5.74, 6) is 1.12. The SMILES string of the molecule is Cc1cc2cnc(Nc3cnn(C4CC4)c3C)nc2cc1C1CCN([C@@H]2COC[C@@H]2O)CC1. The Hall–Kier alpha value is -2.55. The average molecular weight is 449 g/mol. The second-order valence-corrected chi connectivity index (χ2v) is 9.89. The van der Waals surface area contributed by atoms with Gasteiger partial charge in [0.1, 0.15) is 0 Å². The summed E-state index contributed by atoms with van der Waals surface area (Å²) in [4.78, 5) is 11.8. The van der Waals surface area contributed by atoms with Gasteiger partial charge in [0.15, 0.2) is 0 Å². The van der Waals surface area contributed by atoms with Gasteiger partial charge in [0.2, 0.25) is 5.95 Å². The van der Waals surface area contributed by atoms with Crippen LogP contribution in [0.4, 0.5) is 11.6 Å². The molecule has 0 unspecified atom stereocenters. The maximum Gasteiger partial charge on any atom is 0.227 e. The van der Waals surface area contributed by atoms with Crippen LogP contribution in [0.5, 0.6) is 0 Å². The summed E-state index contributed by atoms with van der Waals surface area (Å²) in [6, 6.07) is 5.18. The normalized spacial score (nSPS) is 24.6. The predicted octanol–water partition coefficient (Wildman–Crippen LogP) is 3.46. The largest absolute Gasteiger partial charge is 0.389 e. The van der Waals surface area contributed by atoms with Gasteiger partial charge >= 0.3 is 0 Å². The molecule has 1 saturated carbocycles. The van der Waals surface area contributed by atoms with Crippen LogP contribution in [0.3, 0.4) is 0 Å². The summed E-state index contributed by atoms with van der Waals surface area (Å²) >= 11 is 0. The smallest absolute Gasteiger partial charge is 0.227 e. The van der Waals surface area contributed by atoms with Gasteiger partial charge in [-0.05, 0) is 81.8 Å². The fraction of sp³-hybridized carbons (Fsp3) is 0.560. The molecule has 8 nitrogen and oxygen atoms in total. The van der Waals surface area contributed by atoms with E-state index in [1.807, 2.05) is 12.4 Å². The number of hydrogen-bond donors (Lipinski definition) is 2. The number of hydrogen-bond acceptors (Lipinski definition) is 7. The van der Waals surface area contributed by atoms with Gasteiger partial charge < -0.3 is 15.2 Å². The minimum absolute atomic E-state index is 0.151. The molecule has 3 aromatic rings. The number of aliphatic hydroxyl groups is 1. The Morgan fingerprint density at radius 2 is 1.88 bits per heavy atom. The fourth-order valence-electron chi connectivity index (χ4n) is 5.49. The number of anilines is 2. The lowest BCUT2D eigenvalue weighted by Gasteiger charge is -2.37. The highest BCUT2D eigenvalue weighted by Crippen LogP contribution is 2.37. The molecule has 0 spiro atoms. The first-order chi connectivity index (χ1) is 16.1. The number of ether oxygens (including phenoxy) is 1. The van der Waals surface area contributed by atoms with Crippen molar-refractivity contribution in [1.29, 1.82) is 0 Å². The Labute approximate surface area is 194 Å². The number of benzene rings is 1. The van der Waals surface area contributed by atoms with E-state index in [0.29, 0.717) is 31.1 Å². The summed E-state index contributed by atoms with van der Waals surface area (Å²) in [6.45, 7) is 7.39. The second kappa shape index (κ2) is 8.34. The molecule has 6 rings (SSSR count). The molecular weight excluding hydrogens is 416 g/mol. The highest BCUT2D eigenvalue weighted by molar-refractivity contribution is 5.81. The molecular formula is C25H32N6O2. The molecule has 1 aliphatic carbocycles. The van der Waals surface area contributed by atoms with Crippen LogP contribution in [0.15, 0.2) is 24.5 Å². The van der Waals surface area contributed by atoms with Crippen LogP contribution in [0, 0.1) is 13.8 Å². The van der Waals surface area contributed by atoms with Crippen LogP contribution >= 0.6 is 0 Å². The fourth-order valence-corrected chi connectivity index (χ4v) is 5.49. The van der Waals surface area contributed by atoms with Crippen molar-refractivity contribution < 1.29 is 9.84 Å². The minimum Gasteiger partial charge on any atom is -0.389 e. The molecule has 2 aliphatic heterocycles. The van der Waals surface area contributed by atoms with Crippen molar-refractivity contribution in [2.75, 3.05) is 31.6 Å². The molecule has 2 saturated heterocycles. The Morgan fingerprint density at radius 1 is 1.06 bits per heavy atom. The van der Waals surface area contributed by atoms with Crippen molar-refractivity contribution in [2.24, 2.45) is 0 Å². The molecule has 174 valence electrons. The van der Waals surface area contributed by atoms with E-state index >= 15 is 0 Å². The van der Waals surface area contributed by atoms with Gasteiger partial charge in [-0.3, -0.25) is 9.58 Å². The first-order valence-electron chi connectivity index (χ1n) is 12.1.